The zero-order valence-electron chi connectivity index (χ0n) is 11.3. The number of nitrogens with one attached hydrogen (secondary N) is 1. The molecular formula is C14H15N3O3. The third-order valence-corrected chi connectivity index (χ3v) is 2.60. The molecule has 0 fully saturated rings. The van der Waals surface area contributed by atoms with Crippen molar-refractivity contribution in [2.24, 2.45) is 0 Å². The second-order valence-corrected chi connectivity index (χ2v) is 3.98. The Bertz CT molecular complexity index is 629. The minimum atomic E-state index is -1.09. The normalized spacial score (nSPS) is 10.1. The van der Waals surface area contributed by atoms with Crippen LogP contribution in [0.5, 0.6) is 5.75 Å². The lowest BCUT2D eigenvalue weighted by molar-refractivity contribution is 0.0690. The van der Waals surface area contributed by atoms with Gasteiger partial charge in [-0.2, -0.15) is 0 Å². The molecule has 2 aromatic rings. The monoisotopic (exact) mass is 273 g/mol. The maximum Gasteiger partial charge on any atom is 0.354 e. The zero-order chi connectivity index (χ0) is 14.5. The molecule has 6 nitrogen and oxygen atoms in total. The van der Waals surface area contributed by atoms with Crippen molar-refractivity contribution < 1.29 is 14.6 Å². The van der Waals surface area contributed by atoms with Crippen LogP contribution < -0.4 is 10.1 Å². The summed E-state index contributed by atoms with van der Waals surface area (Å²) in [5.41, 5.74) is 0.650. The third kappa shape index (κ3) is 3.03. The van der Waals surface area contributed by atoms with Crippen LogP contribution in [0.25, 0.3) is 11.4 Å². The predicted octanol–water partition coefficient (Wildman–Crippen LogP) is 2.28. The Morgan fingerprint density at radius 2 is 2.15 bits per heavy atom. The van der Waals surface area contributed by atoms with Gasteiger partial charge in [0.2, 0.25) is 0 Å². The summed E-state index contributed by atoms with van der Waals surface area (Å²) in [4.78, 5) is 19.4. The molecule has 0 saturated heterocycles. The van der Waals surface area contributed by atoms with Crippen LogP contribution in [0.2, 0.25) is 0 Å². The maximum atomic E-state index is 11.1. The Morgan fingerprint density at radius 3 is 2.80 bits per heavy atom. The summed E-state index contributed by atoms with van der Waals surface area (Å²) in [6, 6.07) is 8.62. The number of benzene rings is 1. The van der Waals surface area contributed by atoms with Crippen molar-refractivity contribution in [1.82, 2.24) is 9.97 Å². The van der Waals surface area contributed by atoms with E-state index in [0.29, 0.717) is 29.6 Å². The molecule has 0 atom stereocenters. The summed E-state index contributed by atoms with van der Waals surface area (Å²) in [5.74, 6) is 0.400. The first-order chi connectivity index (χ1) is 9.63. The van der Waals surface area contributed by atoms with E-state index in [-0.39, 0.29) is 5.69 Å². The minimum Gasteiger partial charge on any atom is -0.494 e. The van der Waals surface area contributed by atoms with Gasteiger partial charge in [-0.15, -0.1) is 0 Å². The van der Waals surface area contributed by atoms with Gasteiger partial charge in [-0.3, -0.25) is 0 Å². The standard InChI is InChI=1S/C14H15N3O3/c1-3-20-10-6-4-5-9(7-10)13-16-11(14(18)19)8-12(15-2)17-13/h4-8H,3H2,1-2H3,(H,18,19)(H,15,16,17). The van der Waals surface area contributed by atoms with E-state index < -0.39 is 5.97 Å². The van der Waals surface area contributed by atoms with Gasteiger partial charge in [-0.05, 0) is 19.1 Å². The topological polar surface area (TPSA) is 84.3 Å². The molecule has 0 aliphatic carbocycles. The molecule has 20 heavy (non-hydrogen) atoms. The van der Waals surface area contributed by atoms with Gasteiger partial charge < -0.3 is 15.2 Å². The van der Waals surface area contributed by atoms with Crippen LogP contribution in [0.1, 0.15) is 17.4 Å². The van der Waals surface area contributed by atoms with E-state index in [2.05, 4.69) is 15.3 Å². The van der Waals surface area contributed by atoms with Crippen molar-refractivity contribution in [3.63, 3.8) is 0 Å². The quantitative estimate of drug-likeness (QED) is 0.869. The lowest BCUT2D eigenvalue weighted by Gasteiger charge is -2.07. The van der Waals surface area contributed by atoms with Crippen LogP contribution >= 0.6 is 0 Å². The zero-order valence-corrected chi connectivity index (χ0v) is 11.3. The summed E-state index contributed by atoms with van der Waals surface area (Å²) in [7, 11) is 1.67. The number of carboxylic acid groups (broad SMARTS) is 1. The van der Waals surface area contributed by atoms with Gasteiger partial charge in [-0.1, -0.05) is 12.1 Å². The first-order valence-corrected chi connectivity index (χ1v) is 6.17. The van der Waals surface area contributed by atoms with Crippen LogP contribution in [0.15, 0.2) is 30.3 Å². The number of anilines is 1. The number of carboxylic acids is 1. The highest BCUT2D eigenvalue weighted by atomic mass is 16.5. The number of rotatable bonds is 5. The van der Waals surface area contributed by atoms with Gasteiger partial charge in [0, 0.05) is 18.7 Å². The van der Waals surface area contributed by atoms with Crippen LogP contribution in [0.4, 0.5) is 5.82 Å². The van der Waals surface area contributed by atoms with Crippen molar-refractivity contribution in [3.8, 4) is 17.1 Å². The van der Waals surface area contributed by atoms with Gasteiger partial charge in [0.1, 0.15) is 11.6 Å². The average Bonchev–Trinajstić information content (AvgIpc) is 2.47. The fourth-order valence-corrected chi connectivity index (χ4v) is 1.71. The fraction of sp³-hybridized carbons (Fsp3) is 0.214. The largest absolute Gasteiger partial charge is 0.494 e. The molecule has 0 unspecified atom stereocenters. The molecule has 0 aliphatic heterocycles. The van der Waals surface area contributed by atoms with E-state index in [4.69, 9.17) is 9.84 Å². The molecule has 0 aliphatic rings. The Balaban J connectivity index is 2.48. The molecule has 0 saturated carbocycles. The summed E-state index contributed by atoms with van der Waals surface area (Å²) in [5, 5.41) is 11.9. The molecule has 1 aromatic carbocycles. The van der Waals surface area contributed by atoms with E-state index in [1.165, 1.54) is 6.07 Å². The van der Waals surface area contributed by atoms with Crippen molar-refractivity contribution in [1.29, 1.82) is 0 Å². The highest BCUT2D eigenvalue weighted by Crippen LogP contribution is 2.22. The third-order valence-electron chi connectivity index (χ3n) is 2.60. The van der Waals surface area contributed by atoms with Gasteiger partial charge >= 0.3 is 5.97 Å². The van der Waals surface area contributed by atoms with E-state index in [0.717, 1.165) is 0 Å². The van der Waals surface area contributed by atoms with Crippen molar-refractivity contribution in [2.45, 2.75) is 6.92 Å². The van der Waals surface area contributed by atoms with Crippen LogP contribution in [-0.2, 0) is 0 Å². The average molecular weight is 273 g/mol. The molecule has 6 heteroatoms. The first-order valence-electron chi connectivity index (χ1n) is 6.17. The molecular weight excluding hydrogens is 258 g/mol. The summed E-state index contributed by atoms with van der Waals surface area (Å²) in [6.07, 6.45) is 0. The second kappa shape index (κ2) is 6.01. The number of hydrogen-bond donors (Lipinski definition) is 2. The number of hydrogen-bond acceptors (Lipinski definition) is 5. The van der Waals surface area contributed by atoms with E-state index in [1.54, 1.807) is 13.1 Å². The van der Waals surface area contributed by atoms with Gasteiger partial charge in [0.25, 0.3) is 0 Å². The fourth-order valence-electron chi connectivity index (χ4n) is 1.71. The Kier molecular flexibility index (Phi) is 4.14. The molecule has 2 rings (SSSR count). The minimum absolute atomic E-state index is 0.0545. The van der Waals surface area contributed by atoms with Crippen LogP contribution in [0.3, 0.4) is 0 Å². The number of nitrogens with zero attached hydrogens (tertiary/aromatic N) is 2. The van der Waals surface area contributed by atoms with E-state index >= 15 is 0 Å². The van der Waals surface area contributed by atoms with Gasteiger partial charge in [-0.25, -0.2) is 14.8 Å². The van der Waals surface area contributed by atoms with E-state index in [9.17, 15) is 4.79 Å². The Labute approximate surface area is 116 Å². The number of aromatic nitrogens is 2. The molecule has 2 N–H and O–H groups in total. The van der Waals surface area contributed by atoms with Crippen LogP contribution in [0, 0.1) is 0 Å². The van der Waals surface area contributed by atoms with E-state index in [1.807, 2.05) is 25.1 Å². The second-order valence-electron chi connectivity index (χ2n) is 3.98. The number of carbonyl (C=O) groups is 1. The number of ether oxygens (including phenoxy) is 1. The molecule has 1 aromatic heterocycles. The Morgan fingerprint density at radius 1 is 1.35 bits per heavy atom. The smallest absolute Gasteiger partial charge is 0.354 e. The SMILES string of the molecule is CCOc1cccc(-c2nc(NC)cc(C(=O)O)n2)c1. The first kappa shape index (κ1) is 13.8. The van der Waals surface area contributed by atoms with Crippen molar-refractivity contribution in [2.75, 3.05) is 19.0 Å². The molecule has 0 radical (unpaired) electrons. The highest BCUT2D eigenvalue weighted by molar-refractivity contribution is 5.87. The lowest BCUT2D eigenvalue weighted by atomic mass is 10.2. The van der Waals surface area contributed by atoms with Gasteiger partial charge in [0.15, 0.2) is 11.5 Å². The maximum absolute atomic E-state index is 11.1. The van der Waals surface area contributed by atoms with Gasteiger partial charge in [0.05, 0.1) is 6.61 Å². The summed E-state index contributed by atoms with van der Waals surface area (Å²) in [6.45, 7) is 2.45. The molecule has 104 valence electrons. The van der Waals surface area contributed by atoms with Crippen molar-refractivity contribution in [3.05, 3.63) is 36.0 Å². The summed E-state index contributed by atoms with van der Waals surface area (Å²) < 4.78 is 5.41. The predicted molar refractivity (Wildman–Crippen MR) is 75.1 cm³/mol. The molecule has 0 spiro atoms. The molecule has 0 bridgehead atoms. The Hall–Kier alpha value is -2.63. The van der Waals surface area contributed by atoms with Crippen molar-refractivity contribution >= 4 is 11.8 Å². The molecule has 0 amide bonds. The highest BCUT2D eigenvalue weighted by Gasteiger charge is 2.11. The number of aromatic carboxylic acids is 1. The summed E-state index contributed by atoms with van der Waals surface area (Å²) >= 11 is 0. The van der Waals surface area contributed by atoms with Crippen LogP contribution in [-0.4, -0.2) is 34.7 Å². The molecule has 1 heterocycles. The lowest BCUT2D eigenvalue weighted by Crippen LogP contribution is -2.06.